The van der Waals surface area contributed by atoms with Crippen LogP contribution in [0.4, 0.5) is 4.39 Å². The SMILES string of the molecule is CCn1c(Cl)c(-c2cc(Oc3ccc(Cl)cc3O)c(Cl)cc2F)c(=O)n1CC. The molecule has 2 aromatic carbocycles. The highest BCUT2D eigenvalue weighted by Crippen LogP contribution is 2.39. The molecule has 5 nitrogen and oxygen atoms in total. The first-order chi connectivity index (χ1) is 13.3. The van der Waals surface area contributed by atoms with E-state index in [1.165, 1.54) is 28.9 Å². The summed E-state index contributed by atoms with van der Waals surface area (Å²) in [5.41, 5.74) is -0.446. The van der Waals surface area contributed by atoms with Gasteiger partial charge in [0.25, 0.3) is 5.56 Å². The Hall–Kier alpha value is -2.15. The minimum atomic E-state index is -0.715. The van der Waals surface area contributed by atoms with E-state index in [-0.39, 0.29) is 38.6 Å². The molecular weight excluding hydrogens is 430 g/mol. The number of nitrogens with zero attached hydrogens (tertiary/aromatic N) is 2. The lowest BCUT2D eigenvalue weighted by Gasteiger charge is -2.11. The van der Waals surface area contributed by atoms with Gasteiger partial charge in [-0.15, -0.1) is 0 Å². The fourth-order valence-corrected chi connectivity index (χ4v) is 3.66. The smallest absolute Gasteiger partial charge is 0.276 e. The average Bonchev–Trinajstić information content (AvgIpc) is 2.88. The molecule has 0 aliphatic carbocycles. The second kappa shape index (κ2) is 8.07. The Morgan fingerprint density at radius 1 is 1.04 bits per heavy atom. The van der Waals surface area contributed by atoms with E-state index < -0.39 is 11.4 Å². The Kier molecular flexibility index (Phi) is 5.93. The molecule has 28 heavy (non-hydrogen) atoms. The molecule has 9 heteroatoms. The van der Waals surface area contributed by atoms with Gasteiger partial charge in [0.05, 0.1) is 10.6 Å². The van der Waals surface area contributed by atoms with Crippen LogP contribution in [0.5, 0.6) is 17.2 Å². The van der Waals surface area contributed by atoms with Crippen molar-refractivity contribution in [1.29, 1.82) is 0 Å². The second-order valence-corrected chi connectivity index (χ2v) is 7.08. The zero-order chi connectivity index (χ0) is 20.6. The van der Waals surface area contributed by atoms with Crippen LogP contribution in [0, 0.1) is 5.82 Å². The van der Waals surface area contributed by atoms with Crippen molar-refractivity contribution in [3.05, 3.63) is 61.7 Å². The van der Waals surface area contributed by atoms with Crippen LogP contribution in [0.1, 0.15) is 13.8 Å². The summed E-state index contributed by atoms with van der Waals surface area (Å²) >= 11 is 18.3. The van der Waals surface area contributed by atoms with Gasteiger partial charge < -0.3 is 9.84 Å². The molecule has 0 aliphatic heterocycles. The normalized spacial score (nSPS) is 11.1. The first kappa shape index (κ1) is 20.6. The van der Waals surface area contributed by atoms with E-state index in [2.05, 4.69) is 0 Å². The zero-order valence-corrected chi connectivity index (χ0v) is 17.2. The van der Waals surface area contributed by atoms with E-state index in [1.54, 1.807) is 11.6 Å². The van der Waals surface area contributed by atoms with E-state index in [0.29, 0.717) is 18.1 Å². The van der Waals surface area contributed by atoms with E-state index >= 15 is 0 Å². The molecule has 3 rings (SSSR count). The van der Waals surface area contributed by atoms with Crippen molar-refractivity contribution < 1.29 is 14.2 Å². The van der Waals surface area contributed by atoms with Crippen LogP contribution in [0.25, 0.3) is 11.1 Å². The molecule has 0 saturated carbocycles. The number of aromatic nitrogens is 2. The number of rotatable bonds is 5. The van der Waals surface area contributed by atoms with Crippen molar-refractivity contribution in [2.24, 2.45) is 0 Å². The van der Waals surface area contributed by atoms with Gasteiger partial charge in [0.2, 0.25) is 0 Å². The molecule has 0 aliphatic rings. The fourth-order valence-electron chi connectivity index (χ4n) is 2.91. The van der Waals surface area contributed by atoms with Crippen molar-refractivity contribution in [1.82, 2.24) is 9.36 Å². The molecule has 3 aromatic rings. The average molecular weight is 446 g/mol. The predicted octanol–water partition coefficient (Wildman–Crippen LogP) is 5.95. The maximum Gasteiger partial charge on any atom is 0.276 e. The lowest BCUT2D eigenvalue weighted by atomic mass is 10.1. The Morgan fingerprint density at radius 2 is 1.71 bits per heavy atom. The summed E-state index contributed by atoms with van der Waals surface area (Å²) in [6, 6.07) is 6.59. The third-order valence-electron chi connectivity index (χ3n) is 4.20. The van der Waals surface area contributed by atoms with Gasteiger partial charge in [-0.25, -0.2) is 9.07 Å². The standard InChI is InChI=1S/C19H16Cl3FN2O3/c1-3-24-18(22)17(19(27)25(24)4-2)11-8-16(12(21)9-13(11)23)28-15-6-5-10(20)7-14(15)26/h5-9,26H,3-4H2,1-2H3. The molecule has 1 N–H and O–H groups in total. The molecule has 0 spiro atoms. The number of phenolic OH excluding ortho intramolecular Hbond substituents is 1. The molecular formula is C19H16Cl3FN2O3. The highest BCUT2D eigenvalue weighted by Gasteiger charge is 2.23. The van der Waals surface area contributed by atoms with E-state index in [0.717, 1.165) is 6.07 Å². The molecule has 0 fully saturated rings. The van der Waals surface area contributed by atoms with Gasteiger partial charge in [0.15, 0.2) is 11.5 Å². The second-order valence-electron chi connectivity index (χ2n) is 5.88. The van der Waals surface area contributed by atoms with Gasteiger partial charge in [0, 0.05) is 29.7 Å². The maximum absolute atomic E-state index is 14.7. The lowest BCUT2D eigenvalue weighted by Crippen LogP contribution is -2.22. The zero-order valence-electron chi connectivity index (χ0n) is 15.0. The van der Waals surface area contributed by atoms with Crippen LogP contribution < -0.4 is 10.3 Å². The van der Waals surface area contributed by atoms with Crippen LogP contribution in [0.2, 0.25) is 15.2 Å². The molecule has 1 aromatic heterocycles. The highest BCUT2D eigenvalue weighted by atomic mass is 35.5. The summed E-state index contributed by atoms with van der Waals surface area (Å²) in [6.07, 6.45) is 0. The third kappa shape index (κ3) is 3.60. The monoisotopic (exact) mass is 444 g/mol. The molecule has 0 atom stereocenters. The number of benzene rings is 2. The number of hydrogen-bond donors (Lipinski definition) is 1. The van der Waals surface area contributed by atoms with E-state index in [1.807, 2.05) is 6.92 Å². The quantitative estimate of drug-likeness (QED) is 0.527. The van der Waals surface area contributed by atoms with Crippen LogP contribution in [-0.4, -0.2) is 14.5 Å². The Bertz CT molecular complexity index is 1110. The van der Waals surface area contributed by atoms with E-state index in [4.69, 9.17) is 39.5 Å². The van der Waals surface area contributed by atoms with Gasteiger partial charge in [0.1, 0.15) is 16.7 Å². The van der Waals surface area contributed by atoms with Crippen LogP contribution in [0.15, 0.2) is 35.1 Å². The molecule has 0 unspecified atom stereocenters. The molecule has 0 saturated heterocycles. The number of phenols is 1. The first-order valence-corrected chi connectivity index (χ1v) is 9.56. The number of aromatic hydroxyl groups is 1. The van der Waals surface area contributed by atoms with Crippen molar-refractivity contribution in [2.75, 3.05) is 0 Å². The number of hydrogen-bond acceptors (Lipinski definition) is 3. The molecule has 148 valence electrons. The summed E-state index contributed by atoms with van der Waals surface area (Å²) in [5.74, 6) is -0.795. The molecule has 1 heterocycles. The lowest BCUT2D eigenvalue weighted by molar-refractivity contribution is 0.411. The van der Waals surface area contributed by atoms with E-state index in [9.17, 15) is 14.3 Å². The summed E-state index contributed by atoms with van der Waals surface area (Å²) in [7, 11) is 0. The van der Waals surface area contributed by atoms with Crippen molar-refractivity contribution in [2.45, 2.75) is 26.9 Å². The van der Waals surface area contributed by atoms with Gasteiger partial charge >= 0.3 is 0 Å². The largest absolute Gasteiger partial charge is 0.504 e. The molecule has 0 bridgehead atoms. The number of ether oxygens (including phenoxy) is 1. The highest BCUT2D eigenvalue weighted by molar-refractivity contribution is 6.33. The Morgan fingerprint density at radius 3 is 2.29 bits per heavy atom. The molecule has 0 radical (unpaired) electrons. The van der Waals surface area contributed by atoms with Crippen LogP contribution in [-0.2, 0) is 13.1 Å². The van der Waals surface area contributed by atoms with Crippen molar-refractivity contribution in [3.63, 3.8) is 0 Å². The fraction of sp³-hybridized carbons (Fsp3) is 0.211. The summed E-state index contributed by atoms with van der Waals surface area (Å²) in [6.45, 7) is 4.45. The Labute approximate surface area is 175 Å². The first-order valence-electron chi connectivity index (χ1n) is 8.43. The minimum Gasteiger partial charge on any atom is -0.504 e. The minimum absolute atomic E-state index is 0.0183. The van der Waals surface area contributed by atoms with Gasteiger partial charge in [-0.1, -0.05) is 34.8 Å². The van der Waals surface area contributed by atoms with Crippen LogP contribution >= 0.6 is 34.8 Å². The van der Waals surface area contributed by atoms with Gasteiger partial charge in [-0.05, 0) is 38.1 Å². The maximum atomic E-state index is 14.7. The summed E-state index contributed by atoms with van der Waals surface area (Å²) in [4.78, 5) is 12.8. The van der Waals surface area contributed by atoms with Crippen LogP contribution in [0.3, 0.4) is 0 Å². The summed E-state index contributed by atoms with van der Waals surface area (Å²) < 4.78 is 23.3. The van der Waals surface area contributed by atoms with Gasteiger partial charge in [-0.2, -0.15) is 0 Å². The van der Waals surface area contributed by atoms with Gasteiger partial charge in [-0.3, -0.25) is 9.48 Å². The molecule has 0 amide bonds. The predicted molar refractivity (Wildman–Crippen MR) is 109 cm³/mol. The summed E-state index contributed by atoms with van der Waals surface area (Å²) in [5, 5.41) is 10.4. The van der Waals surface area contributed by atoms with Crippen molar-refractivity contribution >= 4 is 34.8 Å². The third-order valence-corrected chi connectivity index (χ3v) is 5.12. The van der Waals surface area contributed by atoms with Crippen molar-refractivity contribution in [3.8, 4) is 28.4 Å². The topological polar surface area (TPSA) is 56.4 Å². The Balaban J connectivity index is 2.16. The number of halogens is 4.